The Kier molecular flexibility index (Phi) is 6.23. The summed E-state index contributed by atoms with van der Waals surface area (Å²) in [4.78, 5) is 27.1. The van der Waals surface area contributed by atoms with Crippen LogP contribution in [0.15, 0.2) is 48.5 Å². The molecule has 31 heavy (non-hydrogen) atoms. The summed E-state index contributed by atoms with van der Waals surface area (Å²) in [5, 5.41) is 3.82. The van der Waals surface area contributed by atoms with Crippen LogP contribution in [0.2, 0.25) is 0 Å². The quantitative estimate of drug-likeness (QED) is 0.664. The third kappa shape index (κ3) is 4.56. The molecule has 0 radical (unpaired) electrons. The van der Waals surface area contributed by atoms with E-state index in [9.17, 15) is 9.59 Å². The molecular weight excluding hydrogens is 394 g/mol. The summed E-state index contributed by atoms with van der Waals surface area (Å²) >= 11 is 0. The number of rotatable bonds is 6. The number of hydrogen-bond acceptors (Lipinski definition) is 4. The molecule has 1 N–H and O–H groups in total. The molecule has 2 heterocycles. The van der Waals surface area contributed by atoms with Gasteiger partial charge in [0.25, 0.3) is 11.8 Å². The number of morpholine rings is 1. The van der Waals surface area contributed by atoms with Crippen LogP contribution in [0.3, 0.4) is 0 Å². The Morgan fingerprint density at radius 1 is 1.10 bits per heavy atom. The summed E-state index contributed by atoms with van der Waals surface area (Å²) < 4.78 is 13.0. The highest BCUT2D eigenvalue weighted by atomic mass is 16.5. The van der Waals surface area contributed by atoms with Crippen LogP contribution in [0, 0.1) is 6.92 Å². The summed E-state index contributed by atoms with van der Waals surface area (Å²) in [7, 11) is 1.94. The molecule has 1 aliphatic heterocycles. The highest BCUT2D eigenvalue weighted by Crippen LogP contribution is 2.29. The standard InChI is InChI=1S/C24H27N3O4/c1-17-23(24(29)25-15-18-6-4-3-5-7-18)20-14-19(8-9-21(20)26(17)2)31-16-22(28)27-10-12-30-13-11-27/h3-9,14H,10-13,15-16H2,1-2H3,(H,25,29). The van der Waals surface area contributed by atoms with Gasteiger partial charge in [0.1, 0.15) is 5.75 Å². The Labute approximate surface area is 181 Å². The Hall–Kier alpha value is -3.32. The number of carbonyl (C=O) groups excluding carboxylic acids is 2. The molecule has 1 saturated heterocycles. The van der Waals surface area contributed by atoms with Crippen LogP contribution in [0.5, 0.6) is 5.75 Å². The van der Waals surface area contributed by atoms with Gasteiger partial charge in [-0.15, -0.1) is 0 Å². The van der Waals surface area contributed by atoms with Gasteiger partial charge in [-0.2, -0.15) is 0 Å². The molecule has 0 bridgehead atoms. The maximum Gasteiger partial charge on any atom is 0.260 e. The maximum absolute atomic E-state index is 13.0. The number of nitrogens with zero attached hydrogens (tertiary/aromatic N) is 2. The molecule has 1 aromatic heterocycles. The lowest BCUT2D eigenvalue weighted by Crippen LogP contribution is -2.42. The molecule has 0 spiro atoms. The number of benzene rings is 2. The van der Waals surface area contributed by atoms with E-state index in [1.807, 2.05) is 67.1 Å². The first-order valence-corrected chi connectivity index (χ1v) is 10.4. The number of fused-ring (bicyclic) bond motifs is 1. The fraction of sp³-hybridized carbons (Fsp3) is 0.333. The van der Waals surface area contributed by atoms with Crippen LogP contribution in [0.25, 0.3) is 10.9 Å². The lowest BCUT2D eigenvalue weighted by atomic mass is 10.1. The van der Waals surface area contributed by atoms with Crippen molar-refractivity contribution in [2.45, 2.75) is 13.5 Å². The summed E-state index contributed by atoms with van der Waals surface area (Å²) in [6.45, 7) is 4.65. The summed E-state index contributed by atoms with van der Waals surface area (Å²) in [5.41, 5.74) is 3.48. The zero-order valence-electron chi connectivity index (χ0n) is 17.9. The van der Waals surface area contributed by atoms with E-state index in [-0.39, 0.29) is 18.4 Å². The van der Waals surface area contributed by atoms with Crippen molar-refractivity contribution in [1.29, 1.82) is 0 Å². The molecule has 2 aromatic carbocycles. The third-order valence-electron chi connectivity index (χ3n) is 5.71. The minimum absolute atomic E-state index is 0.0349. The van der Waals surface area contributed by atoms with Crippen molar-refractivity contribution in [3.63, 3.8) is 0 Å². The Balaban J connectivity index is 1.51. The van der Waals surface area contributed by atoms with Gasteiger partial charge in [0.15, 0.2) is 6.61 Å². The van der Waals surface area contributed by atoms with Crippen molar-refractivity contribution < 1.29 is 19.1 Å². The van der Waals surface area contributed by atoms with Crippen LogP contribution in [-0.4, -0.2) is 54.2 Å². The van der Waals surface area contributed by atoms with Crippen molar-refractivity contribution in [3.05, 3.63) is 65.4 Å². The van der Waals surface area contributed by atoms with E-state index >= 15 is 0 Å². The number of carbonyl (C=O) groups is 2. The van der Waals surface area contributed by atoms with Gasteiger partial charge in [-0.25, -0.2) is 0 Å². The van der Waals surface area contributed by atoms with Gasteiger partial charge in [0, 0.05) is 43.3 Å². The third-order valence-corrected chi connectivity index (χ3v) is 5.71. The Morgan fingerprint density at radius 3 is 2.58 bits per heavy atom. The number of aryl methyl sites for hydroxylation is 1. The van der Waals surface area contributed by atoms with Crippen molar-refractivity contribution in [1.82, 2.24) is 14.8 Å². The number of ether oxygens (including phenoxy) is 2. The summed E-state index contributed by atoms with van der Waals surface area (Å²) in [5.74, 6) is 0.374. The van der Waals surface area contributed by atoms with E-state index in [1.165, 1.54) is 0 Å². The summed E-state index contributed by atoms with van der Waals surface area (Å²) in [6, 6.07) is 15.4. The highest BCUT2D eigenvalue weighted by Gasteiger charge is 2.20. The molecule has 0 saturated carbocycles. The Bertz CT molecular complexity index is 1090. The SMILES string of the molecule is Cc1c(C(=O)NCc2ccccc2)c2cc(OCC(=O)N3CCOCC3)ccc2n1C. The molecule has 7 nitrogen and oxygen atoms in total. The van der Waals surface area contributed by atoms with E-state index in [0.717, 1.165) is 22.2 Å². The average Bonchev–Trinajstić information content (AvgIpc) is 3.06. The predicted octanol–water partition coefficient (Wildman–Crippen LogP) is 2.65. The molecule has 0 aliphatic carbocycles. The molecule has 3 aromatic rings. The van der Waals surface area contributed by atoms with Crippen molar-refractivity contribution in [2.75, 3.05) is 32.9 Å². The first-order valence-electron chi connectivity index (χ1n) is 10.4. The molecule has 1 fully saturated rings. The van der Waals surface area contributed by atoms with Crippen LogP contribution in [-0.2, 0) is 23.1 Å². The fourth-order valence-corrected chi connectivity index (χ4v) is 3.84. The molecule has 4 rings (SSSR count). The molecule has 0 unspecified atom stereocenters. The number of aromatic nitrogens is 1. The molecule has 7 heteroatoms. The van der Waals surface area contributed by atoms with Gasteiger partial charge >= 0.3 is 0 Å². The number of nitrogens with one attached hydrogen (secondary N) is 1. The second-order valence-corrected chi connectivity index (χ2v) is 7.65. The average molecular weight is 421 g/mol. The number of amides is 2. The molecule has 1 aliphatic rings. The lowest BCUT2D eigenvalue weighted by Gasteiger charge is -2.26. The largest absolute Gasteiger partial charge is 0.484 e. The van der Waals surface area contributed by atoms with E-state index in [2.05, 4.69) is 5.32 Å². The van der Waals surface area contributed by atoms with Crippen molar-refractivity contribution >= 4 is 22.7 Å². The molecule has 0 atom stereocenters. The maximum atomic E-state index is 13.0. The van der Waals surface area contributed by atoms with E-state index in [4.69, 9.17) is 9.47 Å². The van der Waals surface area contributed by atoms with Gasteiger partial charge in [0.2, 0.25) is 0 Å². The highest BCUT2D eigenvalue weighted by molar-refractivity contribution is 6.08. The smallest absolute Gasteiger partial charge is 0.260 e. The summed E-state index contributed by atoms with van der Waals surface area (Å²) in [6.07, 6.45) is 0. The predicted molar refractivity (Wildman–Crippen MR) is 118 cm³/mol. The minimum Gasteiger partial charge on any atom is -0.484 e. The van der Waals surface area contributed by atoms with Crippen LogP contribution in [0.1, 0.15) is 21.6 Å². The molecule has 162 valence electrons. The van der Waals surface area contributed by atoms with Crippen LogP contribution < -0.4 is 10.1 Å². The second-order valence-electron chi connectivity index (χ2n) is 7.65. The van der Waals surface area contributed by atoms with Gasteiger partial charge in [0.05, 0.1) is 18.8 Å². The van der Waals surface area contributed by atoms with Gasteiger partial charge in [-0.3, -0.25) is 9.59 Å². The zero-order valence-corrected chi connectivity index (χ0v) is 17.9. The normalized spacial score (nSPS) is 13.9. The molecule has 2 amide bonds. The van der Waals surface area contributed by atoms with Crippen molar-refractivity contribution in [2.24, 2.45) is 7.05 Å². The number of hydrogen-bond donors (Lipinski definition) is 1. The first kappa shape index (κ1) is 20.9. The molecular formula is C24H27N3O4. The fourth-order valence-electron chi connectivity index (χ4n) is 3.84. The minimum atomic E-state index is -0.131. The van der Waals surface area contributed by atoms with Crippen molar-refractivity contribution in [3.8, 4) is 5.75 Å². The van der Waals surface area contributed by atoms with E-state index < -0.39 is 0 Å². The topological polar surface area (TPSA) is 72.8 Å². The Morgan fingerprint density at radius 2 is 1.84 bits per heavy atom. The van der Waals surface area contributed by atoms with Crippen LogP contribution in [0.4, 0.5) is 0 Å². The van der Waals surface area contributed by atoms with Gasteiger partial charge in [-0.05, 0) is 30.7 Å². The van der Waals surface area contributed by atoms with Gasteiger partial charge < -0.3 is 24.3 Å². The van der Waals surface area contributed by atoms with Crippen LogP contribution >= 0.6 is 0 Å². The first-order chi connectivity index (χ1) is 15.0. The lowest BCUT2D eigenvalue weighted by molar-refractivity contribution is -0.137. The van der Waals surface area contributed by atoms with E-state index in [1.54, 1.807) is 4.90 Å². The zero-order chi connectivity index (χ0) is 21.8. The van der Waals surface area contributed by atoms with Gasteiger partial charge in [-0.1, -0.05) is 30.3 Å². The van der Waals surface area contributed by atoms with E-state index in [0.29, 0.717) is 44.2 Å². The second kappa shape index (κ2) is 9.22. The monoisotopic (exact) mass is 421 g/mol.